The highest BCUT2D eigenvalue weighted by atomic mass is 32.1. The Kier molecular flexibility index (Phi) is 6.42. The fourth-order valence-electron chi connectivity index (χ4n) is 3.67. The van der Waals surface area contributed by atoms with Crippen molar-refractivity contribution >= 4 is 23.2 Å². The molecular formula is C26H29N3O2S. The molecule has 1 unspecified atom stereocenters. The lowest BCUT2D eigenvalue weighted by Gasteiger charge is -2.22. The van der Waals surface area contributed by atoms with E-state index in [-0.39, 0.29) is 23.3 Å². The summed E-state index contributed by atoms with van der Waals surface area (Å²) in [6.45, 7) is 6.08. The van der Waals surface area contributed by atoms with E-state index in [4.69, 9.17) is 4.98 Å². The van der Waals surface area contributed by atoms with E-state index in [1.807, 2.05) is 55.5 Å². The number of nitrogens with one attached hydrogen (secondary N) is 2. The van der Waals surface area contributed by atoms with Crippen molar-refractivity contribution in [2.24, 2.45) is 0 Å². The van der Waals surface area contributed by atoms with Crippen molar-refractivity contribution in [2.45, 2.75) is 57.5 Å². The SMILES string of the molecule is Cc1nc(C(C)(C)c2ccccc2)sc1C(=O)NC(Cc1ccccc1)C(=O)NC1CC1. The molecule has 1 heterocycles. The first-order valence-electron chi connectivity index (χ1n) is 11.0. The van der Waals surface area contributed by atoms with Crippen molar-refractivity contribution in [3.05, 3.63) is 87.4 Å². The van der Waals surface area contributed by atoms with E-state index >= 15 is 0 Å². The summed E-state index contributed by atoms with van der Waals surface area (Å²) < 4.78 is 0. The van der Waals surface area contributed by atoms with Crippen LogP contribution in [0.5, 0.6) is 0 Å². The molecule has 1 aliphatic carbocycles. The van der Waals surface area contributed by atoms with Crippen molar-refractivity contribution in [1.82, 2.24) is 15.6 Å². The van der Waals surface area contributed by atoms with Crippen molar-refractivity contribution in [1.29, 1.82) is 0 Å². The summed E-state index contributed by atoms with van der Waals surface area (Å²) in [5, 5.41) is 6.89. The zero-order chi connectivity index (χ0) is 22.7. The number of nitrogens with zero attached hydrogens (tertiary/aromatic N) is 1. The van der Waals surface area contributed by atoms with E-state index in [0.29, 0.717) is 17.0 Å². The van der Waals surface area contributed by atoms with E-state index in [1.54, 1.807) is 0 Å². The fraction of sp³-hybridized carbons (Fsp3) is 0.346. The number of aryl methyl sites for hydroxylation is 1. The molecule has 1 fully saturated rings. The van der Waals surface area contributed by atoms with Gasteiger partial charge in [-0.05, 0) is 44.7 Å². The summed E-state index contributed by atoms with van der Waals surface area (Å²) >= 11 is 1.40. The van der Waals surface area contributed by atoms with E-state index in [2.05, 4.69) is 36.6 Å². The van der Waals surface area contributed by atoms with Crippen LogP contribution in [-0.4, -0.2) is 28.9 Å². The molecule has 32 heavy (non-hydrogen) atoms. The lowest BCUT2D eigenvalue weighted by molar-refractivity contribution is -0.123. The van der Waals surface area contributed by atoms with Crippen LogP contribution in [0.25, 0.3) is 0 Å². The molecule has 4 rings (SSSR count). The topological polar surface area (TPSA) is 71.1 Å². The third kappa shape index (κ3) is 5.07. The Balaban J connectivity index is 1.54. The zero-order valence-electron chi connectivity index (χ0n) is 18.7. The summed E-state index contributed by atoms with van der Waals surface area (Å²) in [5.41, 5.74) is 2.52. The molecule has 0 saturated heterocycles. The maximum atomic E-state index is 13.2. The number of rotatable bonds is 8. The minimum Gasteiger partial charge on any atom is -0.352 e. The Hall–Kier alpha value is -2.99. The normalized spacial score (nSPS) is 14.6. The lowest BCUT2D eigenvalue weighted by Crippen LogP contribution is -2.48. The van der Waals surface area contributed by atoms with Gasteiger partial charge in [0.15, 0.2) is 0 Å². The highest BCUT2D eigenvalue weighted by molar-refractivity contribution is 7.14. The van der Waals surface area contributed by atoms with Gasteiger partial charge in [0.25, 0.3) is 5.91 Å². The molecule has 6 heteroatoms. The summed E-state index contributed by atoms with van der Waals surface area (Å²) in [7, 11) is 0. The van der Waals surface area contributed by atoms with E-state index < -0.39 is 6.04 Å². The fourth-order valence-corrected chi connectivity index (χ4v) is 4.76. The molecule has 3 aromatic rings. The van der Waals surface area contributed by atoms with Crippen LogP contribution >= 0.6 is 11.3 Å². The molecule has 2 aromatic carbocycles. The maximum absolute atomic E-state index is 13.2. The number of aromatic nitrogens is 1. The second kappa shape index (κ2) is 9.25. The predicted octanol–water partition coefficient (Wildman–Crippen LogP) is 4.40. The largest absolute Gasteiger partial charge is 0.352 e. The Morgan fingerprint density at radius 3 is 2.31 bits per heavy atom. The number of thiazole rings is 1. The third-order valence-electron chi connectivity index (χ3n) is 5.86. The Labute approximate surface area is 193 Å². The number of hydrogen-bond donors (Lipinski definition) is 2. The minimum absolute atomic E-state index is 0.128. The van der Waals surface area contributed by atoms with Gasteiger partial charge in [0.2, 0.25) is 5.91 Å². The standard InChI is InChI=1S/C26H29N3O2S/c1-17-22(32-25(27-17)26(2,3)19-12-8-5-9-13-19)24(31)29-21(23(30)28-20-14-15-20)16-18-10-6-4-7-11-18/h4-13,20-21H,14-16H2,1-3H3,(H,28,30)(H,29,31). The van der Waals surface area contributed by atoms with Crippen LogP contribution in [0.2, 0.25) is 0 Å². The number of benzene rings is 2. The van der Waals surface area contributed by atoms with Gasteiger partial charge >= 0.3 is 0 Å². The summed E-state index contributed by atoms with van der Waals surface area (Å²) in [6, 6.07) is 19.6. The average molecular weight is 448 g/mol. The molecule has 5 nitrogen and oxygen atoms in total. The van der Waals surface area contributed by atoms with Gasteiger partial charge in [-0.25, -0.2) is 4.98 Å². The van der Waals surface area contributed by atoms with Gasteiger partial charge in [-0.3, -0.25) is 9.59 Å². The van der Waals surface area contributed by atoms with Crippen molar-refractivity contribution in [3.63, 3.8) is 0 Å². The van der Waals surface area contributed by atoms with Gasteiger partial charge < -0.3 is 10.6 Å². The Bertz CT molecular complexity index is 1090. The predicted molar refractivity (Wildman–Crippen MR) is 128 cm³/mol. The first-order chi connectivity index (χ1) is 15.3. The number of amides is 2. The molecule has 1 aliphatic rings. The molecule has 1 saturated carbocycles. The lowest BCUT2D eigenvalue weighted by atomic mass is 9.85. The second-order valence-corrected chi connectivity index (χ2v) is 9.92. The van der Waals surface area contributed by atoms with Gasteiger partial charge in [-0.15, -0.1) is 11.3 Å². The first-order valence-corrected chi connectivity index (χ1v) is 11.8. The number of carbonyl (C=O) groups is 2. The van der Waals surface area contributed by atoms with Crippen LogP contribution in [0.1, 0.15) is 58.2 Å². The van der Waals surface area contributed by atoms with Crippen LogP contribution in [-0.2, 0) is 16.6 Å². The number of hydrogen-bond acceptors (Lipinski definition) is 4. The molecule has 1 atom stereocenters. The van der Waals surface area contributed by atoms with Gasteiger partial charge in [0.1, 0.15) is 15.9 Å². The molecule has 1 aromatic heterocycles. The first kappa shape index (κ1) is 22.2. The molecule has 0 radical (unpaired) electrons. The monoisotopic (exact) mass is 447 g/mol. The Morgan fingerprint density at radius 1 is 1.06 bits per heavy atom. The van der Waals surface area contributed by atoms with Gasteiger partial charge in [-0.2, -0.15) is 0 Å². The molecule has 0 aliphatic heterocycles. The molecule has 2 amide bonds. The Morgan fingerprint density at radius 2 is 1.69 bits per heavy atom. The molecule has 166 valence electrons. The van der Waals surface area contributed by atoms with Crippen molar-refractivity contribution in [3.8, 4) is 0 Å². The minimum atomic E-state index is -0.627. The highest BCUT2D eigenvalue weighted by Crippen LogP contribution is 2.35. The number of carbonyl (C=O) groups excluding carboxylic acids is 2. The molecular weight excluding hydrogens is 418 g/mol. The van der Waals surface area contributed by atoms with Crippen LogP contribution < -0.4 is 10.6 Å². The van der Waals surface area contributed by atoms with Gasteiger partial charge in [0.05, 0.1) is 5.69 Å². The maximum Gasteiger partial charge on any atom is 0.263 e. The molecule has 0 spiro atoms. The summed E-state index contributed by atoms with van der Waals surface area (Å²) in [6.07, 6.45) is 2.46. The van der Waals surface area contributed by atoms with Crippen molar-refractivity contribution < 1.29 is 9.59 Å². The van der Waals surface area contributed by atoms with Crippen LogP contribution in [0.15, 0.2) is 60.7 Å². The van der Waals surface area contributed by atoms with Crippen LogP contribution in [0, 0.1) is 6.92 Å². The van der Waals surface area contributed by atoms with E-state index in [0.717, 1.165) is 29.0 Å². The summed E-state index contributed by atoms with van der Waals surface area (Å²) in [4.78, 5) is 31.4. The third-order valence-corrected chi connectivity index (χ3v) is 7.34. The second-order valence-electron chi connectivity index (χ2n) is 8.92. The van der Waals surface area contributed by atoms with Gasteiger partial charge in [0, 0.05) is 17.9 Å². The van der Waals surface area contributed by atoms with E-state index in [9.17, 15) is 9.59 Å². The molecule has 2 N–H and O–H groups in total. The summed E-state index contributed by atoms with van der Waals surface area (Å²) in [5.74, 6) is -0.376. The average Bonchev–Trinajstić information content (AvgIpc) is 3.52. The highest BCUT2D eigenvalue weighted by Gasteiger charge is 2.32. The van der Waals surface area contributed by atoms with Crippen molar-refractivity contribution in [2.75, 3.05) is 0 Å². The molecule has 0 bridgehead atoms. The smallest absolute Gasteiger partial charge is 0.263 e. The van der Waals surface area contributed by atoms with Gasteiger partial charge in [-0.1, -0.05) is 60.7 Å². The quantitative estimate of drug-likeness (QED) is 0.538. The zero-order valence-corrected chi connectivity index (χ0v) is 19.5. The van der Waals surface area contributed by atoms with Crippen LogP contribution in [0.4, 0.5) is 0 Å². The van der Waals surface area contributed by atoms with E-state index in [1.165, 1.54) is 11.3 Å². The van der Waals surface area contributed by atoms with Crippen LogP contribution in [0.3, 0.4) is 0 Å².